The van der Waals surface area contributed by atoms with Gasteiger partial charge in [-0.3, -0.25) is 0 Å². The summed E-state index contributed by atoms with van der Waals surface area (Å²) in [6.07, 6.45) is 0. The zero-order chi connectivity index (χ0) is 9.62. The first-order valence-electron chi connectivity index (χ1n) is 3.77. The van der Waals surface area contributed by atoms with Gasteiger partial charge in [-0.1, -0.05) is 0 Å². The van der Waals surface area contributed by atoms with Crippen LogP contribution in [0.25, 0.3) is 0 Å². The predicted octanol–water partition coefficient (Wildman–Crippen LogP) is 0.925. The van der Waals surface area contributed by atoms with Gasteiger partial charge in [0.1, 0.15) is 0 Å². The largest absolute Gasteiger partial charge is 0.360 e. The van der Waals surface area contributed by atoms with E-state index in [4.69, 9.17) is 5.11 Å². The van der Waals surface area contributed by atoms with Crippen molar-refractivity contribution in [2.75, 3.05) is 11.5 Å². The molecule has 1 fully saturated rings. The summed E-state index contributed by atoms with van der Waals surface area (Å²) in [4.78, 5) is 0. The van der Waals surface area contributed by atoms with E-state index >= 15 is 0 Å². The Balaban J connectivity index is 2.81. The van der Waals surface area contributed by atoms with Crippen molar-refractivity contribution in [1.82, 2.24) is 0 Å². The van der Waals surface area contributed by atoms with E-state index in [1.54, 1.807) is 20.8 Å². The molecule has 3 nitrogen and oxygen atoms in total. The van der Waals surface area contributed by atoms with Crippen LogP contribution in [0, 0.1) is 0 Å². The number of alkyl halides is 1. The maximum Gasteiger partial charge on any atom is 0.231 e. The molecule has 0 amide bonds. The molecule has 0 aromatic rings. The van der Waals surface area contributed by atoms with Gasteiger partial charge in [-0.05, 0) is 20.8 Å². The highest BCUT2D eigenvalue weighted by Gasteiger charge is 2.46. The van der Waals surface area contributed by atoms with Gasteiger partial charge in [0, 0.05) is 0 Å². The van der Waals surface area contributed by atoms with Crippen LogP contribution in [-0.4, -0.2) is 32.2 Å². The van der Waals surface area contributed by atoms with Gasteiger partial charge in [0.15, 0.2) is 0 Å². The van der Waals surface area contributed by atoms with E-state index in [-0.39, 0.29) is 11.5 Å². The highest BCUT2D eigenvalue weighted by molar-refractivity contribution is 7.95. The summed E-state index contributed by atoms with van der Waals surface area (Å²) in [6.45, 7) is 5.40. The van der Waals surface area contributed by atoms with Gasteiger partial charge in [0.25, 0.3) is 0 Å². The van der Waals surface area contributed by atoms with E-state index in [1.807, 2.05) is 0 Å². The SMILES string of the molecule is CC(C)(C)N=S1(=O)CC(O)(F)C1. The molecule has 0 aliphatic carbocycles. The minimum absolute atomic E-state index is 0.336. The van der Waals surface area contributed by atoms with Crippen molar-refractivity contribution in [1.29, 1.82) is 0 Å². The summed E-state index contributed by atoms with van der Waals surface area (Å²) in [5.74, 6) is -2.92. The molecule has 0 radical (unpaired) electrons. The molecule has 0 bridgehead atoms. The number of hydrogen-bond donors (Lipinski definition) is 1. The average Bonchev–Trinajstić information content (AvgIpc) is 1.48. The zero-order valence-corrected chi connectivity index (χ0v) is 8.32. The lowest BCUT2D eigenvalue weighted by Crippen LogP contribution is -2.51. The molecular formula is C7H14FNO2S. The van der Waals surface area contributed by atoms with Gasteiger partial charge < -0.3 is 5.11 Å². The monoisotopic (exact) mass is 195 g/mol. The lowest BCUT2D eigenvalue weighted by molar-refractivity contribution is -0.0565. The van der Waals surface area contributed by atoms with Crippen LogP contribution in [-0.2, 0) is 9.73 Å². The van der Waals surface area contributed by atoms with E-state index in [0.717, 1.165) is 0 Å². The molecule has 12 heavy (non-hydrogen) atoms. The second kappa shape index (κ2) is 2.42. The van der Waals surface area contributed by atoms with Crippen molar-refractivity contribution < 1.29 is 13.7 Å². The van der Waals surface area contributed by atoms with Crippen molar-refractivity contribution in [2.24, 2.45) is 4.36 Å². The molecule has 1 aliphatic rings. The van der Waals surface area contributed by atoms with Crippen molar-refractivity contribution in [3.8, 4) is 0 Å². The Kier molecular flexibility index (Phi) is 2.00. The molecule has 5 heteroatoms. The van der Waals surface area contributed by atoms with Crippen LogP contribution in [0.3, 0.4) is 0 Å². The van der Waals surface area contributed by atoms with Crippen molar-refractivity contribution >= 4 is 9.73 Å². The molecule has 0 saturated carbocycles. The second-order valence-electron chi connectivity index (χ2n) is 4.24. The number of hydrogen-bond acceptors (Lipinski definition) is 3. The van der Waals surface area contributed by atoms with Gasteiger partial charge >= 0.3 is 0 Å². The Morgan fingerprint density at radius 3 is 2.17 bits per heavy atom. The standard InChI is InChI=1S/C7H14FNO2S/c1-6(2,3)9-12(11)4-7(8,10)5-12/h10H,4-5H2,1-3H3. The van der Waals surface area contributed by atoms with E-state index in [1.165, 1.54) is 0 Å². The summed E-state index contributed by atoms with van der Waals surface area (Å²) in [7, 11) is -2.45. The first-order valence-corrected chi connectivity index (χ1v) is 5.62. The molecule has 0 atom stereocenters. The summed E-state index contributed by atoms with van der Waals surface area (Å²) < 4.78 is 28.1. The molecule has 0 unspecified atom stereocenters. The van der Waals surface area contributed by atoms with Gasteiger partial charge in [-0.2, -0.15) is 0 Å². The van der Waals surface area contributed by atoms with Crippen LogP contribution in [0.2, 0.25) is 0 Å². The number of nitrogens with zero attached hydrogens (tertiary/aromatic N) is 1. The Hall–Kier alpha value is -0.160. The smallest absolute Gasteiger partial charge is 0.231 e. The van der Waals surface area contributed by atoms with Gasteiger partial charge in [-0.25, -0.2) is 13.0 Å². The summed E-state index contributed by atoms with van der Waals surface area (Å²) >= 11 is 0. The third kappa shape index (κ3) is 2.42. The maximum absolute atomic E-state index is 12.6. The minimum atomic E-state index is -2.45. The highest BCUT2D eigenvalue weighted by Crippen LogP contribution is 2.29. The van der Waals surface area contributed by atoms with Crippen LogP contribution < -0.4 is 0 Å². The average molecular weight is 195 g/mol. The predicted molar refractivity (Wildman–Crippen MR) is 46.1 cm³/mol. The van der Waals surface area contributed by atoms with E-state index < -0.39 is 21.1 Å². The van der Waals surface area contributed by atoms with Crippen LogP contribution in [0.1, 0.15) is 20.8 Å². The fourth-order valence-electron chi connectivity index (χ4n) is 1.21. The second-order valence-corrected chi connectivity index (χ2v) is 6.55. The Bertz CT molecular complexity index is 283. The first kappa shape index (κ1) is 9.92. The Labute approximate surface area is 72.2 Å². The van der Waals surface area contributed by atoms with Crippen LogP contribution in [0.15, 0.2) is 4.36 Å². The molecule has 1 aliphatic heterocycles. The van der Waals surface area contributed by atoms with Crippen molar-refractivity contribution in [3.05, 3.63) is 0 Å². The number of aliphatic hydroxyl groups is 1. The molecule has 72 valence electrons. The molecule has 1 heterocycles. The third-order valence-corrected chi connectivity index (χ3v) is 4.00. The van der Waals surface area contributed by atoms with Gasteiger partial charge in [0.2, 0.25) is 5.85 Å². The molecule has 0 aromatic heterocycles. The maximum atomic E-state index is 12.6. The number of rotatable bonds is 0. The summed E-state index contributed by atoms with van der Waals surface area (Å²) in [5.41, 5.74) is -0.423. The molecule has 1 saturated heterocycles. The first-order chi connectivity index (χ1) is 5.12. The van der Waals surface area contributed by atoms with Crippen molar-refractivity contribution in [3.63, 3.8) is 0 Å². The van der Waals surface area contributed by atoms with E-state index in [9.17, 15) is 8.60 Å². The normalized spacial score (nSPS) is 42.1. The minimum Gasteiger partial charge on any atom is -0.360 e. The zero-order valence-electron chi connectivity index (χ0n) is 7.50. The molecule has 1 rings (SSSR count). The van der Waals surface area contributed by atoms with E-state index in [2.05, 4.69) is 4.36 Å². The van der Waals surface area contributed by atoms with Crippen molar-refractivity contribution in [2.45, 2.75) is 32.2 Å². The number of halogens is 1. The molecule has 0 spiro atoms. The quantitative estimate of drug-likeness (QED) is 0.625. The lowest BCUT2D eigenvalue weighted by atomic mass is 10.1. The van der Waals surface area contributed by atoms with Gasteiger partial charge in [-0.15, -0.1) is 0 Å². The Morgan fingerprint density at radius 1 is 1.50 bits per heavy atom. The summed E-state index contributed by atoms with van der Waals surface area (Å²) in [5, 5.41) is 8.74. The van der Waals surface area contributed by atoms with Crippen LogP contribution in [0.5, 0.6) is 0 Å². The Morgan fingerprint density at radius 2 is 1.92 bits per heavy atom. The molecular weight excluding hydrogens is 181 g/mol. The van der Waals surface area contributed by atoms with Crippen LogP contribution >= 0.6 is 0 Å². The van der Waals surface area contributed by atoms with E-state index in [0.29, 0.717) is 0 Å². The third-order valence-electron chi connectivity index (χ3n) is 1.33. The molecule has 1 N–H and O–H groups in total. The van der Waals surface area contributed by atoms with Crippen LogP contribution in [0.4, 0.5) is 4.39 Å². The summed E-state index contributed by atoms with van der Waals surface area (Å²) in [6, 6.07) is 0. The molecule has 0 aromatic carbocycles. The lowest BCUT2D eigenvalue weighted by Gasteiger charge is -2.33. The van der Waals surface area contributed by atoms with Gasteiger partial charge in [0.05, 0.1) is 26.8 Å². The highest BCUT2D eigenvalue weighted by atomic mass is 32.2. The fraction of sp³-hybridized carbons (Fsp3) is 1.00. The topological polar surface area (TPSA) is 49.7 Å². The fourth-order valence-corrected chi connectivity index (χ4v) is 3.64.